The summed E-state index contributed by atoms with van der Waals surface area (Å²) in [5.74, 6) is -0.147. The normalized spacial score (nSPS) is 17.4. The van der Waals surface area contributed by atoms with Crippen LogP contribution in [0, 0.1) is 0 Å². The topological polar surface area (TPSA) is 71.8 Å². The van der Waals surface area contributed by atoms with Crippen molar-refractivity contribution < 1.29 is 18.7 Å². The van der Waals surface area contributed by atoms with E-state index >= 15 is 0 Å². The van der Waals surface area contributed by atoms with Gasteiger partial charge >= 0.3 is 0 Å². The van der Waals surface area contributed by atoms with Crippen molar-refractivity contribution in [3.8, 4) is 0 Å². The van der Waals surface area contributed by atoms with Gasteiger partial charge in [0, 0.05) is 32.7 Å². The van der Waals surface area contributed by atoms with Crippen LogP contribution in [0.15, 0.2) is 23.0 Å². The van der Waals surface area contributed by atoms with Crippen LogP contribution in [-0.2, 0) is 9.53 Å². The molecule has 1 saturated heterocycles. The minimum absolute atomic E-state index is 0.0285. The van der Waals surface area contributed by atoms with Crippen LogP contribution in [-0.4, -0.2) is 49.1 Å². The molecule has 0 radical (unpaired) electrons. The summed E-state index contributed by atoms with van der Waals surface area (Å²) < 4.78 is 10.6. The van der Waals surface area contributed by atoms with Crippen molar-refractivity contribution in [1.82, 2.24) is 10.2 Å². The van der Waals surface area contributed by atoms with Crippen LogP contribution in [0.5, 0.6) is 0 Å². The van der Waals surface area contributed by atoms with Gasteiger partial charge in [0.1, 0.15) is 6.26 Å². The molecule has 1 fully saturated rings. The molecular weight excluding hydrogens is 284 g/mol. The molecule has 2 amide bonds. The molecule has 1 aromatic heterocycles. The van der Waals surface area contributed by atoms with Crippen molar-refractivity contribution in [3.05, 3.63) is 24.2 Å². The fourth-order valence-electron chi connectivity index (χ4n) is 2.47. The quantitative estimate of drug-likeness (QED) is 0.795. The van der Waals surface area contributed by atoms with Crippen LogP contribution in [0.3, 0.4) is 0 Å². The molecule has 1 aliphatic heterocycles. The van der Waals surface area contributed by atoms with E-state index in [-0.39, 0.29) is 17.9 Å². The minimum Gasteiger partial charge on any atom is -0.472 e. The minimum atomic E-state index is -0.118. The number of furan rings is 1. The molecule has 1 unspecified atom stereocenters. The van der Waals surface area contributed by atoms with Crippen LogP contribution < -0.4 is 5.32 Å². The molecule has 6 nitrogen and oxygen atoms in total. The number of hydrogen-bond donors (Lipinski definition) is 1. The molecule has 1 atom stereocenters. The van der Waals surface area contributed by atoms with E-state index in [1.807, 2.05) is 6.92 Å². The van der Waals surface area contributed by atoms with Crippen molar-refractivity contribution >= 4 is 11.8 Å². The maximum absolute atomic E-state index is 12.5. The fourth-order valence-corrected chi connectivity index (χ4v) is 2.47. The average Bonchev–Trinajstić information content (AvgIpc) is 3.21. The maximum Gasteiger partial charge on any atom is 0.257 e. The SMILES string of the molecule is CCCNC(=O)CCN(CC1CCCO1)C(=O)c1ccoc1. The summed E-state index contributed by atoms with van der Waals surface area (Å²) in [6.45, 7) is 4.33. The van der Waals surface area contributed by atoms with Crippen LogP contribution in [0.4, 0.5) is 0 Å². The zero-order chi connectivity index (χ0) is 15.8. The van der Waals surface area contributed by atoms with Crippen molar-refractivity contribution in [1.29, 1.82) is 0 Å². The predicted octanol–water partition coefficient (Wildman–Crippen LogP) is 1.82. The predicted molar refractivity (Wildman–Crippen MR) is 81.5 cm³/mol. The average molecular weight is 308 g/mol. The molecule has 0 aliphatic carbocycles. The van der Waals surface area contributed by atoms with Crippen LogP contribution in [0.25, 0.3) is 0 Å². The first-order valence-corrected chi connectivity index (χ1v) is 7.90. The fraction of sp³-hybridized carbons (Fsp3) is 0.625. The van der Waals surface area contributed by atoms with E-state index in [1.54, 1.807) is 11.0 Å². The number of nitrogens with one attached hydrogen (secondary N) is 1. The maximum atomic E-state index is 12.5. The molecule has 0 aromatic carbocycles. The molecule has 122 valence electrons. The highest BCUT2D eigenvalue weighted by atomic mass is 16.5. The summed E-state index contributed by atoms with van der Waals surface area (Å²) in [6, 6.07) is 1.64. The lowest BCUT2D eigenvalue weighted by atomic mass is 10.2. The van der Waals surface area contributed by atoms with Crippen molar-refractivity contribution in [2.24, 2.45) is 0 Å². The third kappa shape index (κ3) is 4.87. The Morgan fingerprint density at radius 3 is 2.95 bits per heavy atom. The highest BCUT2D eigenvalue weighted by Crippen LogP contribution is 2.15. The molecule has 1 aliphatic rings. The van der Waals surface area contributed by atoms with Crippen molar-refractivity contribution in [2.75, 3.05) is 26.2 Å². The molecule has 0 bridgehead atoms. The van der Waals surface area contributed by atoms with Gasteiger partial charge in [-0.2, -0.15) is 0 Å². The lowest BCUT2D eigenvalue weighted by Crippen LogP contribution is -2.39. The van der Waals surface area contributed by atoms with Gasteiger partial charge < -0.3 is 19.4 Å². The van der Waals surface area contributed by atoms with E-state index in [4.69, 9.17) is 9.15 Å². The molecule has 0 spiro atoms. The summed E-state index contributed by atoms with van der Waals surface area (Å²) in [6.07, 6.45) is 6.16. The van der Waals surface area contributed by atoms with Crippen molar-refractivity contribution in [2.45, 2.75) is 38.7 Å². The molecular formula is C16H24N2O4. The number of amides is 2. The van der Waals surface area contributed by atoms with E-state index in [1.165, 1.54) is 12.5 Å². The zero-order valence-electron chi connectivity index (χ0n) is 13.0. The Kier molecular flexibility index (Phi) is 6.45. The lowest BCUT2D eigenvalue weighted by molar-refractivity contribution is -0.121. The standard InChI is InChI=1S/C16H24N2O4/c1-2-7-17-15(19)5-8-18(11-14-4-3-9-22-14)16(20)13-6-10-21-12-13/h6,10,12,14H,2-5,7-9,11H2,1H3,(H,17,19). The number of carbonyl (C=O) groups excluding carboxylic acids is 2. The molecule has 0 saturated carbocycles. The summed E-state index contributed by atoms with van der Waals surface area (Å²) in [7, 11) is 0. The molecule has 1 N–H and O–H groups in total. The zero-order valence-corrected chi connectivity index (χ0v) is 13.0. The summed E-state index contributed by atoms with van der Waals surface area (Å²) >= 11 is 0. The number of nitrogens with zero attached hydrogens (tertiary/aromatic N) is 1. The lowest BCUT2D eigenvalue weighted by Gasteiger charge is -2.25. The van der Waals surface area contributed by atoms with Gasteiger partial charge in [-0.1, -0.05) is 6.92 Å². The van der Waals surface area contributed by atoms with Gasteiger partial charge in [0.2, 0.25) is 5.91 Å². The van der Waals surface area contributed by atoms with E-state index in [0.29, 0.717) is 31.6 Å². The summed E-state index contributed by atoms with van der Waals surface area (Å²) in [5, 5.41) is 2.83. The summed E-state index contributed by atoms with van der Waals surface area (Å²) in [5.41, 5.74) is 0.506. The summed E-state index contributed by atoms with van der Waals surface area (Å²) in [4.78, 5) is 25.9. The first-order valence-electron chi connectivity index (χ1n) is 7.90. The van der Waals surface area contributed by atoms with Crippen molar-refractivity contribution in [3.63, 3.8) is 0 Å². The molecule has 2 rings (SSSR count). The first-order chi connectivity index (χ1) is 10.7. The van der Waals surface area contributed by atoms with Gasteiger partial charge in [0.05, 0.1) is 17.9 Å². The Morgan fingerprint density at radius 2 is 2.32 bits per heavy atom. The largest absolute Gasteiger partial charge is 0.472 e. The second-order valence-corrected chi connectivity index (χ2v) is 5.50. The second kappa shape index (κ2) is 8.58. The molecule has 1 aromatic rings. The molecule has 22 heavy (non-hydrogen) atoms. The van der Waals surface area contributed by atoms with Gasteiger partial charge in [-0.25, -0.2) is 0 Å². The van der Waals surface area contributed by atoms with Crippen LogP contribution >= 0.6 is 0 Å². The number of hydrogen-bond acceptors (Lipinski definition) is 4. The Balaban J connectivity index is 1.91. The molecule has 2 heterocycles. The van der Waals surface area contributed by atoms with E-state index in [2.05, 4.69) is 5.32 Å². The van der Waals surface area contributed by atoms with Crippen LogP contribution in [0.2, 0.25) is 0 Å². The van der Waals surface area contributed by atoms with E-state index < -0.39 is 0 Å². The van der Waals surface area contributed by atoms with Gasteiger partial charge in [0.15, 0.2) is 0 Å². The second-order valence-electron chi connectivity index (χ2n) is 5.50. The van der Waals surface area contributed by atoms with Gasteiger partial charge in [-0.3, -0.25) is 9.59 Å². The highest BCUT2D eigenvalue weighted by Gasteiger charge is 2.24. The highest BCUT2D eigenvalue weighted by molar-refractivity contribution is 5.94. The Hall–Kier alpha value is -1.82. The van der Waals surface area contributed by atoms with Gasteiger partial charge in [0.25, 0.3) is 5.91 Å². The number of ether oxygens (including phenoxy) is 1. The third-order valence-corrected chi connectivity index (χ3v) is 3.68. The van der Waals surface area contributed by atoms with Gasteiger partial charge in [-0.15, -0.1) is 0 Å². The Morgan fingerprint density at radius 1 is 1.45 bits per heavy atom. The Bertz CT molecular complexity index is 467. The van der Waals surface area contributed by atoms with Crippen LogP contribution in [0.1, 0.15) is 43.0 Å². The monoisotopic (exact) mass is 308 g/mol. The number of carbonyl (C=O) groups is 2. The molecule has 6 heteroatoms. The smallest absolute Gasteiger partial charge is 0.257 e. The van der Waals surface area contributed by atoms with E-state index in [9.17, 15) is 9.59 Å². The number of rotatable bonds is 8. The van der Waals surface area contributed by atoms with Gasteiger partial charge in [-0.05, 0) is 25.3 Å². The third-order valence-electron chi connectivity index (χ3n) is 3.68. The Labute approximate surface area is 130 Å². The first kappa shape index (κ1) is 16.5. The van der Waals surface area contributed by atoms with E-state index in [0.717, 1.165) is 25.9 Å².